The fourth-order valence-corrected chi connectivity index (χ4v) is 4.88. The fraction of sp³-hybridized carbons (Fsp3) is 0.350. The highest BCUT2D eigenvalue weighted by molar-refractivity contribution is 7.92. The van der Waals surface area contributed by atoms with Crippen LogP contribution >= 0.6 is 0 Å². The Morgan fingerprint density at radius 2 is 2.00 bits per heavy atom. The Labute approximate surface area is 155 Å². The molecule has 2 aromatic rings. The molecule has 1 amide bonds. The van der Waals surface area contributed by atoms with Gasteiger partial charge in [-0.3, -0.25) is 9.10 Å². The zero-order valence-corrected chi connectivity index (χ0v) is 16.0. The van der Waals surface area contributed by atoms with E-state index in [-0.39, 0.29) is 11.7 Å². The highest BCUT2D eigenvalue weighted by Crippen LogP contribution is 2.32. The van der Waals surface area contributed by atoms with Gasteiger partial charge in [-0.15, -0.1) is 0 Å². The first-order chi connectivity index (χ1) is 12.4. The molecule has 0 unspecified atom stereocenters. The summed E-state index contributed by atoms with van der Waals surface area (Å²) in [4.78, 5) is 12.5. The number of carbonyl (C=O) groups is 1. The third kappa shape index (κ3) is 3.90. The molecule has 0 aliphatic carbocycles. The lowest BCUT2D eigenvalue weighted by molar-refractivity contribution is 0.102. The van der Waals surface area contributed by atoms with E-state index < -0.39 is 10.0 Å². The van der Waals surface area contributed by atoms with Crippen LogP contribution in [0.25, 0.3) is 0 Å². The lowest BCUT2D eigenvalue weighted by atomic mass is 10.0. The first-order valence-electron chi connectivity index (χ1n) is 8.92. The Kier molecular flexibility index (Phi) is 5.32. The van der Waals surface area contributed by atoms with Crippen molar-refractivity contribution in [2.45, 2.75) is 33.1 Å². The average Bonchev–Trinajstić information content (AvgIpc) is 2.61. The molecule has 1 heterocycles. The minimum absolute atomic E-state index is 0.131. The molecule has 0 radical (unpaired) electrons. The second-order valence-corrected chi connectivity index (χ2v) is 8.67. The number of hydrogen-bond donors (Lipinski definition) is 1. The maximum absolute atomic E-state index is 12.6. The van der Waals surface area contributed by atoms with Crippen molar-refractivity contribution >= 4 is 27.3 Å². The molecule has 0 aromatic heterocycles. The Morgan fingerprint density at radius 1 is 1.19 bits per heavy atom. The largest absolute Gasteiger partial charge is 0.322 e. The van der Waals surface area contributed by atoms with Crippen LogP contribution in [-0.4, -0.2) is 26.6 Å². The molecule has 2 aromatic carbocycles. The molecule has 1 aliphatic heterocycles. The number of nitrogens with zero attached hydrogens (tertiary/aromatic N) is 1. The highest BCUT2D eigenvalue weighted by Gasteiger charge is 2.27. The Bertz CT molecular complexity index is 922. The number of fused-ring (bicyclic) bond motifs is 1. The predicted molar refractivity (Wildman–Crippen MR) is 105 cm³/mol. The Morgan fingerprint density at radius 3 is 2.73 bits per heavy atom. The number of aryl methyl sites for hydroxylation is 2. The van der Waals surface area contributed by atoms with Crippen LogP contribution in [0.4, 0.5) is 11.4 Å². The third-order valence-electron chi connectivity index (χ3n) is 4.50. The van der Waals surface area contributed by atoms with E-state index >= 15 is 0 Å². The zero-order chi connectivity index (χ0) is 18.7. The molecule has 0 saturated carbocycles. The number of anilines is 2. The van der Waals surface area contributed by atoms with Gasteiger partial charge in [-0.05, 0) is 56.0 Å². The van der Waals surface area contributed by atoms with Gasteiger partial charge in [0.15, 0.2) is 0 Å². The minimum atomic E-state index is -3.33. The van der Waals surface area contributed by atoms with Gasteiger partial charge in [0.2, 0.25) is 10.0 Å². The van der Waals surface area contributed by atoms with E-state index in [4.69, 9.17) is 0 Å². The van der Waals surface area contributed by atoms with Crippen molar-refractivity contribution in [1.29, 1.82) is 0 Å². The van der Waals surface area contributed by atoms with Crippen LogP contribution in [0.2, 0.25) is 0 Å². The van der Waals surface area contributed by atoms with Crippen LogP contribution in [0.5, 0.6) is 0 Å². The van der Waals surface area contributed by atoms with Crippen molar-refractivity contribution in [3.8, 4) is 0 Å². The van der Waals surface area contributed by atoms with Gasteiger partial charge in [0.05, 0.1) is 11.4 Å². The molecular weight excluding hydrogens is 348 g/mol. The van der Waals surface area contributed by atoms with Crippen LogP contribution < -0.4 is 9.62 Å². The predicted octanol–water partition coefficient (Wildman–Crippen LogP) is 3.74. The van der Waals surface area contributed by atoms with E-state index in [2.05, 4.69) is 5.32 Å². The number of benzene rings is 2. The van der Waals surface area contributed by atoms with Gasteiger partial charge in [-0.1, -0.05) is 30.7 Å². The normalized spacial score (nSPS) is 14.0. The molecular formula is C20H24N2O3S. The van der Waals surface area contributed by atoms with Crippen molar-refractivity contribution in [3.63, 3.8) is 0 Å². The molecule has 0 fully saturated rings. The topological polar surface area (TPSA) is 66.5 Å². The summed E-state index contributed by atoms with van der Waals surface area (Å²) >= 11 is 0. The number of amides is 1. The van der Waals surface area contributed by atoms with Crippen molar-refractivity contribution in [2.75, 3.05) is 21.9 Å². The quantitative estimate of drug-likeness (QED) is 0.869. The summed E-state index contributed by atoms with van der Waals surface area (Å²) in [6, 6.07) is 12.9. The minimum Gasteiger partial charge on any atom is -0.322 e. The standard InChI is InChI=1S/C20H24N2O3S/c1-3-12-26(24,25)22-11-5-8-16-9-10-18(14-19(16)22)21-20(23)17-7-4-6-15(2)13-17/h4,6-7,9-10,13-14H,3,5,8,11-12H2,1-2H3,(H,21,23). The number of sulfonamides is 1. The van der Waals surface area contributed by atoms with Gasteiger partial charge >= 0.3 is 0 Å². The summed E-state index contributed by atoms with van der Waals surface area (Å²) in [6.45, 7) is 4.29. The summed E-state index contributed by atoms with van der Waals surface area (Å²) in [7, 11) is -3.33. The van der Waals surface area contributed by atoms with E-state index in [9.17, 15) is 13.2 Å². The molecule has 0 bridgehead atoms. The molecule has 138 valence electrons. The molecule has 1 aliphatic rings. The summed E-state index contributed by atoms with van der Waals surface area (Å²) in [5.74, 6) is -0.0702. The van der Waals surface area contributed by atoms with Crippen molar-refractivity contribution in [2.24, 2.45) is 0 Å². The second-order valence-electron chi connectivity index (χ2n) is 6.66. The van der Waals surface area contributed by atoms with Crippen LogP contribution in [0.1, 0.15) is 41.3 Å². The molecule has 0 atom stereocenters. The van der Waals surface area contributed by atoms with E-state index in [0.29, 0.717) is 29.9 Å². The van der Waals surface area contributed by atoms with E-state index in [1.807, 2.05) is 44.2 Å². The summed E-state index contributed by atoms with van der Waals surface area (Å²) in [5, 5.41) is 2.88. The van der Waals surface area contributed by atoms with Gasteiger partial charge in [0.25, 0.3) is 5.91 Å². The first kappa shape index (κ1) is 18.5. The number of nitrogens with one attached hydrogen (secondary N) is 1. The summed E-state index contributed by atoms with van der Waals surface area (Å²) in [5.41, 5.74) is 3.89. The van der Waals surface area contributed by atoms with Crippen LogP contribution in [0, 0.1) is 6.92 Å². The van der Waals surface area contributed by atoms with Gasteiger partial charge in [0, 0.05) is 17.8 Å². The van der Waals surface area contributed by atoms with E-state index in [1.54, 1.807) is 12.1 Å². The highest BCUT2D eigenvalue weighted by atomic mass is 32.2. The molecule has 6 heteroatoms. The van der Waals surface area contributed by atoms with Crippen molar-refractivity contribution in [3.05, 3.63) is 59.2 Å². The Hall–Kier alpha value is -2.34. The summed E-state index contributed by atoms with van der Waals surface area (Å²) in [6.07, 6.45) is 2.24. The maximum atomic E-state index is 12.6. The van der Waals surface area contributed by atoms with Crippen LogP contribution in [0.3, 0.4) is 0 Å². The molecule has 1 N–H and O–H groups in total. The van der Waals surface area contributed by atoms with Gasteiger partial charge in [-0.25, -0.2) is 8.42 Å². The van der Waals surface area contributed by atoms with Gasteiger partial charge in [0.1, 0.15) is 0 Å². The molecule has 0 saturated heterocycles. The molecule has 3 rings (SSSR count). The Balaban J connectivity index is 1.88. The van der Waals surface area contributed by atoms with Crippen LogP contribution in [-0.2, 0) is 16.4 Å². The zero-order valence-electron chi connectivity index (χ0n) is 15.2. The lowest BCUT2D eigenvalue weighted by Gasteiger charge is -2.31. The van der Waals surface area contributed by atoms with E-state index in [1.165, 1.54) is 4.31 Å². The van der Waals surface area contributed by atoms with Crippen molar-refractivity contribution < 1.29 is 13.2 Å². The third-order valence-corrected chi connectivity index (χ3v) is 6.47. The molecule has 26 heavy (non-hydrogen) atoms. The monoisotopic (exact) mass is 372 g/mol. The second kappa shape index (κ2) is 7.50. The van der Waals surface area contributed by atoms with Gasteiger partial charge in [-0.2, -0.15) is 0 Å². The lowest BCUT2D eigenvalue weighted by Crippen LogP contribution is -2.37. The van der Waals surface area contributed by atoms with Crippen molar-refractivity contribution in [1.82, 2.24) is 0 Å². The maximum Gasteiger partial charge on any atom is 0.255 e. The van der Waals surface area contributed by atoms with Crippen LogP contribution in [0.15, 0.2) is 42.5 Å². The summed E-state index contributed by atoms with van der Waals surface area (Å²) < 4.78 is 26.7. The fourth-order valence-electron chi connectivity index (χ4n) is 3.27. The van der Waals surface area contributed by atoms with Gasteiger partial charge < -0.3 is 5.32 Å². The smallest absolute Gasteiger partial charge is 0.255 e. The SMILES string of the molecule is CCCS(=O)(=O)N1CCCc2ccc(NC(=O)c3cccc(C)c3)cc21. The number of hydrogen-bond acceptors (Lipinski definition) is 3. The molecule has 5 nitrogen and oxygen atoms in total. The number of rotatable bonds is 5. The van der Waals surface area contributed by atoms with E-state index in [0.717, 1.165) is 24.0 Å². The average molecular weight is 372 g/mol. The first-order valence-corrected chi connectivity index (χ1v) is 10.5. The number of carbonyl (C=O) groups excluding carboxylic acids is 1. The molecule has 0 spiro atoms.